The number of aryl methyl sites for hydroxylation is 2. The summed E-state index contributed by atoms with van der Waals surface area (Å²) in [6.45, 7) is 1.98. The van der Waals surface area contributed by atoms with Crippen LogP contribution in [-0.4, -0.2) is 30.6 Å². The molecule has 0 aliphatic carbocycles. The number of hydrazine groups is 1. The third-order valence-corrected chi connectivity index (χ3v) is 2.27. The van der Waals surface area contributed by atoms with Crippen molar-refractivity contribution in [1.29, 1.82) is 0 Å². The molecule has 100 valence electrons. The molecule has 0 spiro atoms. The molecule has 0 atom stereocenters. The van der Waals surface area contributed by atoms with Crippen molar-refractivity contribution in [2.75, 3.05) is 5.43 Å². The molecule has 4 N–H and O–H groups in total. The smallest absolute Gasteiger partial charge is 0.270 e. The average Bonchev–Trinajstić information content (AvgIpc) is 2.81. The third-order valence-electron chi connectivity index (χ3n) is 2.27. The van der Waals surface area contributed by atoms with Crippen LogP contribution in [-0.2, 0) is 13.6 Å². The minimum Gasteiger partial charge on any atom is -0.343 e. The first-order chi connectivity index (χ1) is 9.08. The van der Waals surface area contributed by atoms with Gasteiger partial charge in [0.2, 0.25) is 5.95 Å². The fraction of sp³-hybridized carbons (Fsp3) is 0.300. The lowest BCUT2D eigenvalue weighted by molar-refractivity contribution is 0.0944. The number of aromatic nitrogens is 5. The lowest BCUT2D eigenvalue weighted by atomic mass is 10.3. The van der Waals surface area contributed by atoms with Crippen LogP contribution in [0.2, 0.25) is 0 Å². The van der Waals surface area contributed by atoms with Crippen LogP contribution in [0.3, 0.4) is 0 Å². The highest BCUT2D eigenvalue weighted by Gasteiger charge is 2.10. The van der Waals surface area contributed by atoms with Crippen LogP contribution in [0.5, 0.6) is 0 Å². The fourth-order valence-electron chi connectivity index (χ4n) is 1.46. The predicted octanol–water partition coefficient (Wildman–Crippen LogP) is -0.871. The van der Waals surface area contributed by atoms with Gasteiger partial charge in [0, 0.05) is 12.7 Å². The Kier molecular flexibility index (Phi) is 3.66. The van der Waals surface area contributed by atoms with Gasteiger partial charge < -0.3 is 5.32 Å². The molecule has 2 rings (SSSR count). The lowest BCUT2D eigenvalue weighted by Gasteiger charge is -2.05. The molecule has 9 heteroatoms. The number of amides is 1. The molecule has 2 aromatic heterocycles. The van der Waals surface area contributed by atoms with Crippen LogP contribution >= 0.6 is 0 Å². The highest BCUT2D eigenvalue weighted by atomic mass is 16.1. The number of rotatable bonds is 4. The number of anilines is 1. The quantitative estimate of drug-likeness (QED) is 0.483. The van der Waals surface area contributed by atoms with Crippen LogP contribution in [0.4, 0.5) is 5.95 Å². The summed E-state index contributed by atoms with van der Waals surface area (Å²) < 4.78 is 1.56. The summed E-state index contributed by atoms with van der Waals surface area (Å²) in [6.07, 6.45) is 1.56. The number of hydrogen-bond acceptors (Lipinski definition) is 7. The first-order valence-corrected chi connectivity index (χ1v) is 5.53. The van der Waals surface area contributed by atoms with Gasteiger partial charge in [0.15, 0.2) is 5.82 Å². The SMILES string of the molecule is Cc1cc(C(=O)NCc2ncn(C)n2)nc(NN)n1. The van der Waals surface area contributed by atoms with E-state index in [1.807, 2.05) is 0 Å². The Morgan fingerprint density at radius 3 is 2.89 bits per heavy atom. The minimum atomic E-state index is -0.338. The normalized spacial score (nSPS) is 10.3. The monoisotopic (exact) mass is 262 g/mol. The summed E-state index contributed by atoms with van der Waals surface area (Å²) in [5.41, 5.74) is 3.19. The predicted molar refractivity (Wildman–Crippen MR) is 66.8 cm³/mol. The van der Waals surface area contributed by atoms with E-state index < -0.39 is 0 Å². The largest absolute Gasteiger partial charge is 0.343 e. The van der Waals surface area contributed by atoms with E-state index in [4.69, 9.17) is 5.84 Å². The molecular weight excluding hydrogens is 248 g/mol. The van der Waals surface area contributed by atoms with Gasteiger partial charge in [0.05, 0.1) is 6.54 Å². The molecule has 0 saturated heterocycles. The Morgan fingerprint density at radius 2 is 2.26 bits per heavy atom. The summed E-state index contributed by atoms with van der Waals surface area (Å²) in [5, 5.41) is 6.72. The van der Waals surface area contributed by atoms with Crippen molar-refractivity contribution in [3.05, 3.63) is 29.6 Å². The molecule has 1 amide bonds. The number of nitrogens with one attached hydrogen (secondary N) is 2. The summed E-state index contributed by atoms with van der Waals surface area (Å²) in [6, 6.07) is 1.57. The molecule has 2 aromatic rings. The standard InChI is InChI=1S/C10H14N8O/c1-6-3-7(15-10(14-6)16-11)9(19)12-4-8-13-5-18(2)17-8/h3,5H,4,11H2,1-2H3,(H,12,19)(H,14,15,16). The van der Waals surface area contributed by atoms with E-state index in [1.54, 1.807) is 31.0 Å². The zero-order chi connectivity index (χ0) is 13.8. The van der Waals surface area contributed by atoms with Crippen LogP contribution in [0, 0.1) is 6.92 Å². The van der Waals surface area contributed by atoms with E-state index in [2.05, 4.69) is 30.8 Å². The fourth-order valence-corrected chi connectivity index (χ4v) is 1.46. The van der Waals surface area contributed by atoms with Crippen LogP contribution in [0.25, 0.3) is 0 Å². The van der Waals surface area contributed by atoms with E-state index >= 15 is 0 Å². The Balaban J connectivity index is 2.05. The van der Waals surface area contributed by atoms with E-state index in [-0.39, 0.29) is 24.1 Å². The van der Waals surface area contributed by atoms with Gasteiger partial charge in [-0.3, -0.25) is 14.9 Å². The number of nitrogens with zero attached hydrogens (tertiary/aromatic N) is 5. The summed E-state index contributed by atoms with van der Waals surface area (Å²) in [7, 11) is 1.76. The van der Waals surface area contributed by atoms with Crippen LogP contribution < -0.4 is 16.6 Å². The highest BCUT2D eigenvalue weighted by molar-refractivity contribution is 5.92. The van der Waals surface area contributed by atoms with E-state index in [1.165, 1.54) is 0 Å². The van der Waals surface area contributed by atoms with E-state index in [0.717, 1.165) is 0 Å². The Bertz CT molecular complexity index is 593. The number of nitrogens with two attached hydrogens (primary N) is 1. The van der Waals surface area contributed by atoms with Crippen molar-refractivity contribution >= 4 is 11.9 Å². The Morgan fingerprint density at radius 1 is 1.47 bits per heavy atom. The molecule has 0 radical (unpaired) electrons. The maximum absolute atomic E-state index is 11.9. The Hall–Kier alpha value is -2.55. The van der Waals surface area contributed by atoms with Gasteiger partial charge in [-0.1, -0.05) is 0 Å². The van der Waals surface area contributed by atoms with Crippen LogP contribution in [0.15, 0.2) is 12.4 Å². The van der Waals surface area contributed by atoms with Gasteiger partial charge in [-0.05, 0) is 13.0 Å². The van der Waals surface area contributed by atoms with Crippen molar-refractivity contribution in [2.45, 2.75) is 13.5 Å². The second kappa shape index (κ2) is 5.40. The van der Waals surface area contributed by atoms with Gasteiger partial charge in [0.1, 0.15) is 12.0 Å². The van der Waals surface area contributed by atoms with Crippen molar-refractivity contribution in [3.63, 3.8) is 0 Å². The second-order valence-corrected chi connectivity index (χ2v) is 3.88. The molecule has 0 aromatic carbocycles. The van der Waals surface area contributed by atoms with Crippen molar-refractivity contribution in [3.8, 4) is 0 Å². The molecule has 19 heavy (non-hydrogen) atoms. The zero-order valence-electron chi connectivity index (χ0n) is 10.6. The summed E-state index contributed by atoms with van der Waals surface area (Å²) in [5.74, 6) is 5.61. The summed E-state index contributed by atoms with van der Waals surface area (Å²) in [4.78, 5) is 23.9. The van der Waals surface area contributed by atoms with Crippen LogP contribution in [0.1, 0.15) is 22.0 Å². The third kappa shape index (κ3) is 3.22. The van der Waals surface area contributed by atoms with Gasteiger partial charge in [0.25, 0.3) is 5.91 Å². The molecule has 0 aliphatic rings. The molecule has 2 heterocycles. The maximum atomic E-state index is 11.9. The lowest BCUT2D eigenvalue weighted by Crippen LogP contribution is -2.25. The highest BCUT2D eigenvalue weighted by Crippen LogP contribution is 2.03. The zero-order valence-corrected chi connectivity index (χ0v) is 10.6. The summed E-state index contributed by atoms with van der Waals surface area (Å²) >= 11 is 0. The van der Waals surface area contributed by atoms with Crippen molar-refractivity contribution in [2.24, 2.45) is 12.9 Å². The van der Waals surface area contributed by atoms with E-state index in [0.29, 0.717) is 11.5 Å². The van der Waals surface area contributed by atoms with Gasteiger partial charge in [-0.25, -0.2) is 20.8 Å². The Labute approximate surface area is 109 Å². The average molecular weight is 262 g/mol. The molecule has 0 fully saturated rings. The first kappa shape index (κ1) is 12.9. The second-order valence-electron chi connectivity index (χ2n) is 3.88. The number of nitrogen functional groups attached to an aromatic ring is 1. The molecular formula is C10H14N8O. The van der Waals surface area contributed by atoms with Gasteiger partial charge in [-0.15, -0.1) is 0 Å². The van der Waals surface area contributed by atoms with Gasteiger partial charge >= 0.3 is 0 Å². The number of carbonyl (C=O) groups is 1. The van der Waals surface area contributed by atoms with E-state index in [9.17, 15) is 4.79 Å². The topological polar surface area (TPSA) is 124 Å². The maximum Gasteiger partial charge on any atom is 0.270 e. The first-order valence-electron chi connectivity index (χ1n) is 5.53. The van der Waals surface area contributed by atoms with Gasteiger partial charge in [-0.2, -0.15) is 5.10 Å². The minimum absolute atomic E-state index is 0.195. The number of hydrogen-bond donors (Lipinski definition) is 3. The molecule has 0 aliphatic heterocycles. The molecule has 0 unspecified atom stereocenters. The van der Waals surface area contributed by atoms with Crippen molar-refractivity contribution in [1.82, 2.24) is 30.0 Å². The number of carbonyl (C=O) groups excluding carboxylic acids is 1. The molecule has 9 nitrogen and oxygen atoms in total. The molecule has 0 bridgehead atoms. The van der Waals surface area contributed by atoms with Crippen molar-refractivity contribution < 1.29 is 4.79 Å². The molecule has 0 saturated carbocycles.